The summed E-state index contributed by atoms with van der Waals surface area (Å²) >= 11 is 8.05. The summed E-state index contributed by atoms with van der Waals surface area (Å²) < 4.78 is 0. The van der Waals surface area contributed by atoms with Gasteiger partial charge in [-0.2, -0.15) is 11.8 Å². The molecule has 0 aliphatic carbocycles. The van der Waals surface area contributed by atoms with E-state index in [-0.39, 0.29) is 0 Å². The van der Waals surface area contributed by atoms with Gasteiger partial charge in [0, 0.05) is 40.5 Å². The molecule has 1 aliphatic rings. The largest absolute Gasteiger partial charge is 0.361 e. The maximum atomic E-state index is 5.99. The summed E-state index contributed by atoms with van der Waals surface area (Å²) in [7, 11) is 0. The van der Waals surface area contributed by atoms with Crippen molar-refractivity contribution in [1.82, 2.24) is 10.3 Å². The van der Waals surface area contributed by atoms with Crippen LogP contribution >= 0.6 is 23.4 Å². The zero-order valence-corrected chi connectivity index (χ0v) is 11.8. The summed E-state index contributed by atoms with van der Waals surface area (Å²) in [4.78, 5) is 3.29. The van der Waals surface area contributed by atoms with Gasteiger partial charge in [-0.1, -0.05) is 17.7 Å². The molecule has 1 atom stereocenters. The van der Waals surface area contributed by atoms with Crippen molar-refractivity contribution in [3.63, 3.8) is 0 Å². The first-order valence-corrected chi connectivity index (χ1v) is 7.93. The fourth-order valence-corrected chi connectivity index (χ4v) is 3.74. The van der Waals surface area contributed by atoms with E-state index in [0.717, 1.165) is 17.1 Å². The molecule has 1 aliphatic heterocycles. The molecule has 0 spiro atoms. The molecule has 4 heteroatoms. The van der Waals surface area contributed by atoms with Crippen molar-refractivity contribution in [3.8, 4) is 0 Å². The number of benzene rings is 1. The maximum Gasteiger partial charge on any atom is 0.0472 e. The lowest BCUT2D eigenvalue weighted by molar-refractivity contribution is 0.509. The minimum absolute atomic E-state index is 0.668. The molecule has 2 aromatic rings. The van der Waals surface area contributed by atoms with Crippen molar-refractivity contribution < 1.29 is 0 Å². The summed E-state index contributed by atoms with van der Waals surface area (Å²) in [6.07, 6.45) is 4.73. The van der Waals surface area contributed by atoms with Gasteiger partial charge in [-0.3, -0.25) is 0 Å². The molecule has 0 saturated carbocycles. The van der Waals surface area contributed by atoms with Gasteiger partial charge in [0.15, 0.2) is 0 Å². The Bertz CT molecular complexity index is 532. The summed E-state index contributed by atoms with van der Waals surface area (Å²) in [5.74, 6) is 2.57. The molecule has 18 heavy (non-hydrogen) atoms. The third kappa shape index (κ3) is 2.68. The zero-order chi connectivity index (χ0) is 12.4. The van der Waals surface area contributed by atoms with Crippen molar-refractivity contribution in [3.05, 3.63) is 35.0 Å². The lowest BCUT2D eigenvalue weighted by Crippen LogP contribution is -2.33. The molecule has 3 rings (SSSR count). The Labute approximate surface area is 116 Å². The number of hydrogen-bond donors (Lipinski definition) is 2. The fourth-order valence-electron chi connectivity index (χ4n) is 2.46. The van der Waals surface area contributed by atoms with Crippen LogP contribution in [-0.2, 0) is 6.54 Å². The van der Waals surface area contributed by atoms with Gasteiger partial charge in [-0.25, -0.2) is 0 Å². The number of aromatic nitrogens is 1. The van der Waals surface area contributed by atoms with Crippen LogP contribution in [0.3, 0.4) is 0 Å². The summed E-state index contributed by atoms with van der Waals surface area (Å²) in [6.45, 7) is 0.937. The number of fused-ring (bicyclic) bond motifs is 1. The lowest BCUT2D eigenvalue weighted by atomic mass is 10.1. The predicted molar refractivity (Wildman–Crippen MR) is 80.5 cm³/mol. The second kappa shape index (κ2) is 5.55. The van der Waals surface area contributed by atoms with Gasteiger partial charge in [0.05, 0.1) is 0 Å². The maximum absolute atomic E-state index is 5.99. The van der Waals surface area contributed by atoms with Crippen molar-refractivity contribution >= 4 is 34.3 Å². The van der Waals surface area contributed by atoms with E-state index in [1.54, 1.807) is 0 Å². The molecule has 2 heterocycles. The number of hydrogen-bond acceptors (Lipinski definition) is 2. The molecule has 1 saturated heterocycles. The van der Waals surface area contributed by atoms with Crippen molar-refractivity contribution in [2.75, 3.05) is 11.5 Å². The molecule has 0 radical (unpaired) electrons. The Kier molecular flexibility index (Phi) is 3.83. The van der Waals surface area contributed by atoms with Crippen LogP contribution < -0.4 is 5.32 Å². The first-order chi connectivity index (χ1) is 8.83. The van der Waals surface area contributed by atoms with Crippen molar-refractivity contribution in [2.45, 2.75) is 25.4 Å². The zero-order valence-electron chi connectivity index (χ0n) is 10.2. The second-order valence-corrected chi connectivity index (χ2v) is 6.39. The first-order valence-electron chi connectivity index (χ1n) is 6.39. The van der Waals surface area contributed by atoms with E-state index in [0.29, 0.717) is 6.04 Å². The van der Waals surface area contributed by atoms with E-state index in [9.17, 15) is 0 Å². The number of H-pyrrole nitrogens is 1. The molecule has 0 amide bonds. The van der Waals surface area contributed by atoms with Crippen LogP contribution in [0.5, 0.6) is 0 Å². The van der Waals surface area contributed by atoms with Gasteiger partial charge < -0.3 is 10.3 Å². The van der Waals surface area contributed by atoms with Gasteiger partial charge in [0.2, 0.25) is 0 Å². The topological polar surface area (TPSA) is 27.8 Å². The van der Waals surface area contributed by atoms with E-state index in [1.807, 2.05) is 12.1 Å². The number of rotatable bonds is 3. The minimum Gasteiger partial charge on any atom is -0.361 e. The standard InChI is InChI=1S/C14H17ClN2S/c15-11-3-4-13-10(8-17-14(13)6-11)7-16-12-2-1-5-18-9-12/h3-4,6,8,12,16-17H,1-2,5,7,9H2. The Morgan fingerprint density at radius 2 is 2.39 bits per heavy atom. The highest BCUT2D eigenvalue weighted by Gasteiger charge is 2.13. The number of thioether (sulfide) groups is 1. The van der Waals surface area contributed by atoms with Crippen LogP contribution in [0, 0.1) is 0 Å². The number of nitrogens with one attached hydrogen (secondary N) is 2. The van der Waals surface area contributed by atoms with Crippen LogP contribution in [-0.4, -0.2) is 22.5 Å². The highest BCUT2D eigenvalue weighted by molar-refractivity contribution is 7.99. The summed E-state index contributed by atoms with van der Waals surface area (Å²) in [6, 6.07) is 6.70. The van der Waals surface area contributed by atoms with Gasteiger partial charge in [0.1, 0.15) is 0 Å². The molecule has 1 unspecified atom stereocenters. The third-order valence-corrected chi connectivity index (χ3v) is 4.92. The fraction of sp³-hybridized carbons (Fsp3) is 0.429. The van der Waals surface area contributed by atoms with Crippen molar-refractivity contribution in [1.29, 1.82) is 0 Å². The van der Waals surface area contributed by atoms with Crippen LogP contribution in [0.15, 0.2) is 24.4 Å². The Morgan fingerprint density at radius 3 is 3.22 bits per heavy atom. The normalized spacial score (nSPS) is 20.4. The number of aromatic amines is 1. The second-order valence-electron chi connectivity index (χ2n) is 4.80. The molecule has 1 aromatic heterocycles. The van der Waals surface area contributed by atoms with E-state index in [2.05, 4.69) is 34.3 Å². The molecule has 2 nitrogen and oxygen atoms in total. The molecule has 1 fully saturated rings. The summed E-state index contributed by atoms with van der Waals surface area (Å²) in [5.41, 5.74) is 2.45. The molecule has 0 bridgehead atoms. The first kappa shape index (κ1) is 12.4. The minimum atomic E-state index is 0.668. The van der Waals surface area contributed by atoms with Crippen LogP contribution in [0.25, 0.3) is 10.9 Å². The Hall–Kier alpha value is -0.640. The smallest absolute Gasteiger partial charge is 0.0472 e. The van der Waals surface area contributed by atoms with Gasteiger partial charge in [-0.05, 0) is 36.3 Å². The van der Waals surface area contributed by atoms with Crippen LogP contribution in [0.2, 0.25) is 5.02 Å². The molecule has 1 aromatic carbocycles. The quantitative estimate of drug-likeness (QED) is 0.895. The highest BCUT2D eigenvalue weighted by Crippen LogP contribution is 2.23. The Morgan fingerprint density at radius 1 is 1.44 bits per heavy atom. The van der Waals surface area contributed by atoms with Crippen LogP contribution in [0.4, 0.5) is 0 Å². The monoisotopic (exact) mass is 280 g/mol. The molecular weight excluding hydrogens is 264 g/mol. The predicted octanol–water partition coefficient (Wildman–Crippen LogP) is 3.81. The van der Waals surface area contributed by atoms with E-state index in [1.165, 1.54) is 35.3 Å². The molecule has 2 N–H and O–H groups in total. The van der Waals surface area contributed by atoms with E-state index in [4.69, 9.17) is 11.6 Å². The van der Waals surface area contributed by atoms with Gasteiger partial charge in [-0.15, -0.1) is 0 Å². The van der Waals surface area contributed by atoms with Gasteiger partial charge in [0.25, 0.3) is 0 Å². The van der Waals surface area contributed by atoms with Crippen molar-refractivity contribution in [2.24, 2.45) is 0 Å². The Balaban J connectivity index is 1.70. The van der Waals surface area contributed by atoms with Crippen LogP contribution in [0.1, 0.15) is 18.4 Å². The van der Waals surface area contributed by atoms with E-state index >= 15 is 0 Å². The average molecular weight is 281 g/mol. The highest BCUT2D eigenvalue weighted by atomic mass is 35.5. The summed E-state index contributed by atoms with van der Waals surface area (Å²) in [5, 5.41) is 5.72. The average Bonchev–Trinajstić information content (AvgIpc) is 2.80. The number of halogens is 1. The third-order valence-electron chi connectivity index (χ3n) is 3.47. The SMILES string of the molecule is Clc1ccc2c(CNC3CCCSC3)c[nH]c2c1. The van der Waals surface area contributed by atoms with E-state index < -0.39 is 0 Å². The molecule has 96 valence electrons. The molecular formula is C14H17ClN2S. The van der Waals surface area contributed by atoms with Gasteiger partial charge >= 0.3 is 0 Å². The lowest BCUT2D eigenvalue weighted by Gasteiger charge is -2.22.